The molecule has 4 rings (SSSR count). The van der Waals surface area contributed by atoms with Crippen molar-refractivity contribution in [1.82, 2.24) is 0 Å². The molecule has 2 heteroatoms. The Labute approximate surface area is 175 Å². The van der Waals surface area contributed by atoms with Crippen LogP contribution in [0.15, 0.2) is 42.0 Å². The van der Waals surface area contributed by atoms with Gasteiger partial charge in [-0.2, -0.15) is 0 Å². The minimum atomic E-state index is 0.351. The van der Waals surface area contributed by atoms with E-state index in [9.17, 15) is 5.11 Å². The first kappa shape index (κ1) is 20.1. The molecule has 2 aliphatic carbocycles. The summed E-state index contributed by atoms with van der Waals surface area (Å²) in [5.41, 5.74) is 7.63. The van der Waals surface area contributed by atoms with E-state index in [0.717, 1.165) is 16.9 Å². The van der Waals surface area contributed by atoms with Gasteiger partial charge in [0.15, 0.2) is 11.5 Å². The molecule has 0 amide bonds. The van der Waals surface area contributed by atoms with Crippen molar-refractivity contribution in [3.05, 3.63) is 69.8 Å². The molecule has 0 aliphatic heterocycles. The normalized spacial score (nSPS) is 25.3. The van der Waals surface area contributed by atoms with Gasteiger partial charge in [-0.15, -0.1) is 0 Å². The third-order valence-electron chi connectivity index (χ3n) is 7.02. The Hall–Kier alpha value is -2.22. The Morgan fingerprint density at radius 1 is 1.07 bits per heavy atom. The Kier molecular flexibility index (Phi) is 5.46. The fourth-order valence-corrected chi connectivity index (χ4v) is 5.66. The molecule has 0 saturated carbocycles. The van der Waals surface area contributed by atoms with E-state index in [0.29, 0.717) is 36.0 Å². The Bertz CT molecular complexity index is 922. The van der Waals surface area contributed by atoms with Crippen molar-refractivity contribution in [1.29, 1.82) is 0 Å². The van der Waals surface area contributed by atoms with E-state index in [2.05, 4.69) is 52.8 Å². The molecule has 2 nitrogen and oxygen atoms in total. The zero-order valence-electron chi connectivity index (χ0n) is 18.5. The van der Waals surface area contributed by atoms with Crippen molar-refractivity contribution in [3.8, 4) is 11.5 Å². The summed E-state index contributed by atoms with van der Waals surface area (Å²) in [7, 11) is 0. The fraction of sp³-hybridized carbons (Fsp3) is 0.481. The summed E-state index contributed by atoms with van der Waals surface area (Å²) in [6.07, 6.45) is 5.98. The highest BCUT2D eigenvalue weighted by molar-refractivity contribution is 5.64. The molecule has 29 heavy (non-hydrogen) atoms. The highest BCUT2D eigenvalue weighted by atomic mass is 16.5. The zero-order valence-corrected chi connectivity index (χ0v) is 18.5. The third kappa shape index (κ3) is 3.58. The van der Waals surface area contributed by atoms with Crippen LogP contribution in [0.1, 0.15) is 92.5 Å². The van der Waals surface area contributed by atoms with Gasteiger partial charge in [0.25, 0.3) is 0 Å². The number of benzene rings is 2. The van der Waals surface area contributed by atoms with Crippen LogP contribution in [-0.4, -0.2) is 5.11 Å². The van der Waals surface area contributed by atoms with Crippen molar-refractivity contribution < 1.29 is 9.84 Å². The summed E-state index contributed by atoms with van der Waals surface area (Å²) >= 11 is 0. The van der Waals surface area contributed by atoms with Gasteiger partial charge in [-0.1, -0.05) is 55.8 Å². The number of hydrogen-bond donors (Lipinski definition) is 1. The van der Waals surface area contributed by atoms with Gasteiger partial charge in [0.05, 0.1) is 0 Å². The maximum atomic E-state index is 11.2. The summed E-state index contributed by atoms with van der Waals surface area (Å²) in [6.45, 7) is 11.6. The van der Waals surface area contributed by atoms with Crippen molar-refractivity contribution in [2.45, 2.75) is 78.2 Å². The summed E-state index contributed by atoms with van der Waals surface area (Å²) in [5.74, 6) is 3.11. The molecule has 0 bridgehead atoms. The van der Waals surface area contributed by atoms with Crippen molar-refractivity contribution in [3.63, 3.8) is 0 Å². The molecule has 4 atom stereocenters. The molecule has 2 aromatic rings. The second-order valence-electron chi connectivity index (χ2n) is 9.47. The molecule has 0 fully saturated rings. The van der Waals surface area contributed by atoms with E-state index in [4.69, 9.17) is 4.74 Å². The molecule has 0 aromatic heterocycles. The van der Waals surface area contributed by atoms with Gasteiger partial charge in [-0.25, -0.2) is 0 Å². The smallest absolute Gasteiger partial charge is 0.165 e. The molecule has 2 aromatic carbocycles. The second-order valence-corrected chi connectivity index (χ2v) is 9.47. The standard InChI is InChI=1S/C27H34O2/c1-16(2)13-21-14-18(4)22-12-11-17(3)23-25(22)24(21)19(5)26(28)27(23)29-15-20-9-7-6-8-10-20/h6-10,13,17-18,21-22,28H,11-12,14-15H2,1-5H3. The van der Waals surface area contributed by atoms with Crippen LogP contribution < -0.4 is 4.74 Å². The average Bonchev–Trinajstić information content (AvgIpc) is 2.68. The number of allylic oxidation sites excluding steroid dienone is 2. The van der Waals surface area contributed by atoms with Gasteiger partial charge in [0.2, 0.25) is 0 Å². The van der Waals surface area contributed by atoms with Crippen LogP contribution >= 0.6 is 0 Å². The SMILES string of the molecule is CC(C)=CC1CC(C)C2CCC(C)c3c(OCc4ccccc4)c(O)c(C)c1c32. The van der Waals surface area contributed by atoms with E-state index >= 15 is 0 Å². The lowest BCUT2D eigenvalue weighted by molar-refractivity contribution is 0.270. The number of ether oxygens (including phenoxy) is 1. The molecule has 1 N–H and O–H groups in total. The first-order chi connectivity index (χ1) is 13.9. The molecule has 0 spiro atoms. The van der Waals surface area contributed by atoms with Crippen LogP contribution in [0.25, 0.3) is 0 Å². The quantitative estimate of drug-likeness (QED) is 0.553. The summed E-state index contributed by atoms with van der Waals surface area (Å²) in [5, 5.41) is 11.2. The monoisotopic (exact) mass is 390 g/mol. The summed E-state index contributed by atoms with van der Waals surface area (Å²) in [6, 6.07) is 10.2. The molecule has 2 aliphatic rings. The first-order valence-electron chi connectivity index (χ1n) is 11.1. The largest absolute Gasteiger partial charge is 0.504 e. The number of hydrogen-bond acceptors (Lipinski definition) is 2. The zero-order chi connectivity index (χ0) is 20.7. The number of rotatable bonds is 4. The van der Waals surface area contributed by atoms with Gasteiger partial charge in [0.1, 0.15) is 6.61 Å². The van der Waals surface area contributed by atoms with Gasteiger partial charge in [-0.3, -0.25) is 0 Å². The maximum absolute atomic E-state index is 11.2. The predicted octanol–water partition coefficient (Wildman–Crippen LogP) is 7.35. The van der Waals surface area contributed by atoms with Crippen LogP contribution in [-0.2, 0) is 6.61 Å². The molecule has 0 radical (unpaired) electrons. The van der Waals surface area contributed by atoms with Crippen LogP contribution in [0.4, 0.5) is 0 Å². The summed E-state index contributed by atoms with van der Waals surface area (Å²) in [4.78, 5) is 0. The molecular formula is C27H34O2. The van der Waals surface area contributed by atoms with E-state index in [1.54, 1.807) is 0 Å². The van der Waals surface area contributed by atoms with Gasteiger partial charge < -0.3 is 9.84 Å². The van der Waals surface area contributed by atoms with Crippen molar-refractivity contribution in [2.24, 2.45) is 5.92 Å². The van der Waals surface area contributed by atoms with Crippen molar-refractivity contribution in [2.75, 3.05) is 0 Å². The predicted molar refractivity (Wildman–Crippen MR) is 120 cm³/mol. The van der Waals surface area contributed by atoms with Gasteiger partial charge >= 0.3 is 0 Å². The van der Waals surface area contributed by atoms with Crippen LogP contribution in [0.2, 0.25) is 0 Å². The molecule has 4 unspecified atom stereocenters. The summed E-state index contributed by atoms with van der Waals surface area (Å²) < 4.78 is 6.33. The maximum Gasteiger partial charge on any atom is 0.165 e. The molecular weight excluding hydrogens is 356 g/mol. The van der Waals surface area contributed by atoms with E-state index < -0.39 is 0 Å². The van der Waals surface area contributed by atoms with Crippen LogP contribution in [0.3, 0.4) is 0 Å². The van der Waals surface area contributed by atoms with E-state index in [-0.39, 0.29) is 0 Å². The van der Waals surface area contributed by atoms with Crippen LogP contribution in [0.5, 0.6) is 11.5 Å². The first-order valence-corrected chi connectivity index (χ1v) is 11.1. The second kappa shape index (κ2) is 7.89. The van der Waals surface area contributed by atoms with Crippen LogP contribution in [0, 0.1) is 12.8 Å². The van der Waals surface area contributed by atoms with E-state index in [1.807, 2.05) is 18.2 Å². The lowest BCUT2D eigenvalue weighted by Crippen LogP contribution is -2.28. The lowest BCUT2D eigenvalue weighted by Gasteiger charge is -2.43. The van der Waals surface area contributed by atoms with E-state index in [1.165, 1.54) is 41.5 Å². The molecule has 0 heterocycles. The minimum absolute atomic E-state index is 0.351. The molecule has 154 valence electrons. The Balaban J connectivity index is 1.87. The highest BCUT2D eigenvalue weighted by Crippen LogP contribution is 2.58. The van der Waals surface area contributed by atoms with Gasteiger partial charge in [0, 0.05) is 11.5 Å². The third-order valence-corrected chi connectivity index (χ3v) is 7.02. The molecule has 0 saturated heterocycles. The average molecular weight is 391 g/mol. The Morgan fingerprint density at radius 2 is 1.79 bits per heavy atom. The fourth-order valence-electron chi connectivity index (χ4n) is 5.66. The topological polar surface area (TPSA) is 29.5 Å². The van der Waals surface area contributed by atoms with Gasteiger partial charge in [-0.05, 0) is 80.0 Å². The lowest BCUT2D eigenvalue weighted by atomic mass is 9.62. The highest BCUT2D eigenvalue weighted by Gasteiger charge is 2.41. The minimum Gasteiger partial charge on any atom is -0.504 e. The Morgan fingerprint density at radius 3 is 2.48 bits per heavy atom. The number of phenolic OH excluding ortho intramolecular Hbond substituents is 1. The number of phenols is 1. The van der Waals surface area contributed by atoms with Crippen molar-refractivity contribution >= 4 is 0 Å². The number of aromatic hydroxyl groups is 1.